The number of nitrogens with one attached hydrogen (secondary N) is 1. The van der Waals surface area contributed by atoms with Crippen molar-refractivity contribution in [1.82, 2.24) is 14.8 Å². The molecule has 3 aromatic rings. The number of rotatable bonds is 2. The van der Waals surface area contributed by atoms with Gasteiger partial charge in [0.15, 0.2) is 0 Å². The van der Waals surface area contributed by atoms with Crippen molar-refractivity contribution in [2.75, 3.05) is 11.9 Å². The summed E-state index contributed by atoms with van der Waals surface area (Å²) < 4.78 is 3.10. The normalized spacial score (nSPS) is 14.0. The number of hydrogen-bond donors (Lipinski definition) is 1. The molecule has 3 heterocycles. The van der Waals surface area contributed by atoms with Crippen LogP contribution in [-0.4, -0.2) is 21.3 Å². The van der Waals surface area contributed by atoms with Gasteiger partial charge in [0.25, 0.3) is 0 Å². The first kappa shape index (κ1) is 14.5. The molecular weight excluding hydrogens is 352 g/mol. The highest BCUT2D eigenvalue weighted by molar-refractivity contribution is 9.10. The van der Waals surface area contributed by atoms with Crippen LogP contribution in [0, 0.1) is 0 Å². The first-order valence-corrected chi connectivity index (χ1v) is 8.64. The van der Waals surface area contributed by atoms with Crippen LogP contribution in [0.15, 0.2) is 53.3 Å². The molecule has 1 aromatic carbocycles. The van der Waals surface area contributed by atoms with Gasteiger partial charge in [-0.15, -0.1) is 0 Å². The van der Waals surface area contributed by atoms with Crippen LogP contribution in [0.25, 0.3) is 16.9 Å². The largest absolute Gasteiger partial charge is 0.370 e. The zero-order valence-electron chi connectivity index (χ0n) is 12.7. The van der Waals surface area contributed by atoms with Gasteiger partial charge in [-0.2, -0.15) is 5.10 Å². The van der Waals surface area contributed by atoms with Crippen LogP contribution < -0.4 is 5.32 Å². The number of nitrogens with zero attached hydrogens (tertiary/aromatic N) is 3. The van der Waals surface area contributed by atoms with E-state index in [1.165, 1.54) is 18.4 Å². The molecule has 0 bridgehead atoms. The zero-order valence-corrected chi connectivity index (χ0v) is 14.3. The minimum absolute atomic E-state index is 0.991. The highest BCUT2D eigenvalue weighted by Gasteiger charge is 2.21. The Morgan fingerprint density at radius 1 is 1.00 bits per heavy atom. The van der Waals surface area contributed by atoms with Crippen molar-refractivity contribution in [3.63, 3.8) is 0 Å². The summed E-state index contributed by atoms with van der Waals surface area (Å²) in [4.78, 5) is 4.12. The number of benzene rings is 1. The Hall–Kier alpha value is -2.14. The molecule has 0 amide bonds. The van der Waals surface area contributed by atoms with Gasteiger partial charge in [0, 0.05) is 34.5 Å². The molecule has 0 atom stereocenters. The van der Waals surface area contributed by atoms with E-state index in [2.05, 4.69) is 38.4 Å². The van der Waals surface area contributed by atoms with Crippen molar-refractivity contribution >= 4 is 21.7 Å². The average molecular weight is 369 g/mol. The predicted octanol–water partition coefficient (Wildman–Crippen LogP) is 4.45. The Bertz CT molecular complexity index is 809. The van der Waals surface area contributed by atoms with E-state index in [9.17, 15) is 0 Å². The van der Waals surface area contributed by atoms with Gasteiger partial charge in [-0.05, 0) is 55.7 Å². The van der Waals surface area contributed by atoms with Crippen molar-refractivity contribution in [2.45, 2.75) is 19.3 Å². The van der Waals surface area contributed by atoms with Crippen molar-refractivity contribution < 1.29 is 0 Å². The molecular formula is C18H17BrN4. The van der Waals surface area contributed by atoms with Gasteiger partial charge >= 0.3 is 0 Å². The molecule has 2 aromatic heterocycles. The van der Waals surface area contributed by atoms with Crippen molar-refractivity contribution in [2.24, 2.45) is 0 Å². The van der Waals surface area contributed by atoms with Crippen molar-refractivity contribution in [3.05, 3.63) is 58.8 Å². The SMILES string of the molecule is Brc1ccc(-n2nc(-c3ccncc3)c3c2NCCCC3)cc1. The standard InChI is InChI=1S/C18H17BrN4/c19-14-4-6-15(7-5-14)23-18-16(3-1-2-10-21-18)17(22-23)13-8-11-20-12-9-13/h4-9,11-12,21H,1-3,10H2. The molecule has 0 saturated heterocycles. The van der Waals surface area contributed by atoms with Crippen molar-refractivity contribution in [3.8, 4) is 16.9 Å². The molecule has 1 aliphatic rings. The highest BCUT2D eigenvalue weighted by Crippen LogP contribution is 2.33. The molecule has 4 rings (SSSR count). The van der Waals surface area contributed by atoms with E-state index in [4.69, 9.17) is 5.10 Å². The Morgan fingerprint density at radius 2 is 1.78 bits per heavy atom. The van der Waals surface area contributed by atoms with Crippen LogP contribution >= 0.6 is 15.9 Å². The van der Waals surface area contributed by atoms with E-state index in [1.807, 2.05) is 41.3 Å². The molecule has 0 radical (unpaired) electrons. The van der Waals surface area contributed by atoms with Crippen molar-refractivity contribution in [1.29, 1.82) is 0 Å². The van der Waals surface area contributed by atoms with E-state index < -0.39 is 0 Å². The van der Waals surface area contributed by atoms with E-state index in [1.54, 1.807) is 0 Å². The van der Waals surface area contributed by atoms with E-state index in [-0.39, 0.29) is 0 Å². The Balaban J connectivity index is 1.89. The summed E-state index contributed by atoms with van der Waals surface area (Å²) in [6.45, 7) is 0.991. The summed E-state index contributed by atoms with van der Waals surface area (Å²) in [5.41, 5.74) is 4.55. The van der Waals surface area contributed by atoms with E-state index >= 15 is 0 Å². The maximum Gasteiger partial charge on any atom is 0.133 e. The fourth-order valence-corrected chi connectivity index (χ4v) is 3.28. The Labute approximate surface area is 143 Å². The lowest BCUT2D eigenvalue weighted by molar-refractivity contribution is 0.780. The summed E-state index contributed by atoms with van der Waals surface area (Å²) in [5.74, 6) is 1.12. The lowest BCUT2D eigenvalue weighted by atomic mass is 10.0. The van der Waals surface area contributed by atoms with Crippen LogP contribution in [-0.2, 0) is 6.42 Å². The van der Waals surface area contributed by atoms with Crippen LogP contribution in [0.4, 0.5) is 5.82 Å². The highest BCUT2D eigenvalue weighted by atomic mass is 79.9. The molecule has 0 fully saturated rings. The second-order valence-electron chi connectivity index (χ2n) is 5.68. The molecule has 0 saturated carbocycles. The van der Waals surface area contributed by atoms with Gasteiger partial charge in [-0.25, -0.2) is 4.68 Å². The van der Waals surface area contributed by atoms with E-state index in [0.29, 0.717) is 0 Å². The number of pyridine rings is 1. The van der Waals surface area contributed by atoms with Gasteiger partial charge < -0.3 is 5.32 Å². The predicted molar refractivity (Wildman–Crippen MR) is 95.9 cm³/mol. The van der Waals surface area contributed by atoms with E-state index in [0.717, 1.165) is 40.2 Å². The summed E-state index contributed by atoms with van der Waals surface area (Å²) in [5, 5.41) is 8.48. The molecule has 0 spiro atoms. The zero-order chi connectivity index (χ0) is 15.6. The topological polar surface area (TPSA) is 42.7 Å². The summed E-state index contributed by atoms with van der Waals surface area (Å²) in [7, 11) is 0. The Morgan fingerprint density at radius 3 is 2.57 bits per heavy atom. The lowest BCUT2D eigenvalue weighted by Gasteiger charge is -2.09. The third kappa shape index (κ3) is 2.77. The van der Waals surface area contributed by atoms with Gasteiger partial charge in [0.1, 0.15) is 5.82 Å². The number of fused-ring (bicyclic) bond motifs is 1. The third-order valence-electron chi connectivity index (χ3n) is 4.15. The third-order valence-corrected chi connectivity index (χ3v) is 4.68. The summed E-state index contributed by atoms with van der Waals surface area (Å²) >= 11 is 3.50. The fourth-order valence-electron chi connectivity index (χ4n) is 3.01. The molecule has 0 unspecified atom stereocenters. The molecule has 23 heavy (non-hydrogen) atoms. The van der Waals surface area contributed by atoms with Gasteiger partial charge in [-0.3, -0.25) is 4.98 Å². The van der Waals surface area contributed by atoms with Crippen LogP contribution in [0.2, 0.25) is 0 Å². The van der Waals surface area contributed by atoms with Crippen LogP contribution in [0.1, 0.15) is 18.4 Å². The number of halogens is 1. The average Bonchev–Trinajstić information content (AvgIpc) is 2.78. The van der Waals surface area contributed by atoms with Gasteiger partial charge in [0.2, 0.25) is 0 Å². The molecule has 1 N–H and O–H groups in total. The fraction of sp³-hybridized carbons (Fsp3) is 0.222. The van der Waals surface area contributed by atoms with Crippen LogP contribution in [0.3, 0.4) is 0 Å². The minimum Gasteiger partial charge on any atom is -0.370 e. The number of hydrogen-bond acceptors (Lipinski definition) is 3. The first-order valence-electron chi connectivity index (χ1n) is 7.85. The first-order chi connectivity index (χ1) is 11.3. The number of anilines is 1. The smallest absolute Gasteiger partial charge is 0.133 e. The maximum atomic E-state index is 4.91. The molecule has 0 aliphatic carbocycles. The lowest BCUT2D eigenvalue weighted by Crippen LogP contribution is -2.07. The molecule has 1 aliphatic heterocycles. The van der Waals surface area contributed by atoms with Crippen LogP contribution in [0.5, 0.6) is 0 Å². The minimum atomic E-state index is 0.991. The van der Waals surface area contributed by atoms with Gasteiger partial charge in [-0.1, -0.05) is 15.9 Å². The molecule has 116 valence electrons. The summed E-state index contributed by atoms with van der Waals surface area (Å²) in [6.07, 6.45) is 7.07. The van der Waals surface area contributed by atoms with Gasteiger partial charge in [0.05, 0.1) is 11.4 Å². The number of aromatic nitrogens is 3. The quantitative estimate of drug-likeness (QED) is 0.726. The summed E-state index contributed by atoms with van der Waals surface area (Å²) in [6, 6.07) is 12.3. The molecule has 5 heteroatoms. The Kier molecular flexibility index (Phi) is 3.87. The second-order valence-corrected chi connectivity index (χ2v) is 6.60. The second kappa shape index (κ2) is 6.16. The molecule has 4 nitrogen and oxygen atoms in total. The maximum absolute atomic E-state index is 4.91. The monoisotopic (exact) mass is 368 g/mol.